The van der Waals surface area contributed by atoms with Crippen LogP contribution in [0.25, 0.3) is 0 Å². The lowest BCUT2D eigenvalue weighted by atomic mass is 9.97. The fraction of sp³-hybridized carbons (Fsp3) is 0.792. The second kappa shape index (κ2) is 17.6. The summed E-state index contributed by atoms with van der Waals surface area (Å²) in [5, 5.41) is 83.3. The number of phosphoric ester groups is 2. The highest BCUT2D eigenvalue weighted by Gasteiger charge is 2.51. The lowest BCUT2D eigenvalue weighted by Crippen LogP contribution is -2.65. The van der Waals surface area contributed by atoms with Crippen molar-refractivity contribution in [3.63, 3.8) is 0 Å². The number of nitrogens with zero attached hydrogens (tertiary/aromatic N) is 1. The minimum absolute atomic E-state index is 0.692. The number of aromatic nitrogens is 2. The topological polar surface area (TPSA) is 394 Å². The molecule has 3 fully saturated rings. The summed E-state index contributed by atoms with van der Waals surface area (Å²) in [6.07, 6.45) is -21.7. The summed E-state index contributed by atoms with van der Waals surface area (Å²) in [4.78, 5) is 58.5. The first-order valence-electron chi connectivity index (χ1n) is 15.0. The average molecular weight is 800 g/mol. The van der Waals surface area contributed by atoms with Crippen LogP contribution in [-0.2, 0) is 51.0 Å². The van der Waals surface area contributed by atoms with E-state index in [0.29, 0.717) is 4.57 Å². The predicted molar refractivity (Wildman–Crippen MR) is 159 cm³/mol. The Morgan fingerprint density at radius 1 is 0.865 bits per heavy atom. The molecule has 28 heteroatoms. The molecule has 3 saturated heterocycles. The quantitative estimate of drug-likeness (QED) is 0.0733. The zero-order valence-electron chi connectivity index (χ0n) is 26.7. The molecule has 0 saturated carbocycles. The summed E-state index contributed by atoms with van der Waals surface area (Å²) in [5.74, 6) is -1.19. The summed E-state index contributed by atoms with van der Waals surface area (Å²) in [6, 6.07) is -1.10. The van der Waals surface area contributed by atoms with Crippen LogP contribution < -0.4 is 16.6 Å². The maximum Gasteiger partial charge on any atom is 0.483 e. The number of H-pyrrole nitrogens is 1. The Labute approximate surface area is 290 Å². The number of rotatable bonds is 15. The Bertz CT molecular complexity index is 1580. The van der Waals surface area contributed by atoms with Gasteiger partial charge in [0.1, 0.15) is 73.7 Å². The number of aliphatic hydroxyl groups is 8. The first kappa shape index (κ1) is 42.6. The summed E-state index contributed by atoms with van der Waals surface area (Å²) in [6.45, 7) is -3.89. The molecule has 1 amide bonds. The molecule has 2 unspecified atom stereocenters. The van der Waals surface area contributed by atoms with E-state index in [2.05, 4.69) is 14.2 Å². The normalized spacial score (nSPS) is 39.1. The highest BCUT2D eigenvalue weighted by molar-refractivity contribution is 7.61. The molecule has 26 nitrogen and oxygen atoms in total. The molecule has 3 aliphatic rings. The molecular weight excluding hydrogens is 760 g/mol. The molecule has 52 heavy (non-hydrogen) atoms. The molecule has 0 bridgehead atoms. The molecule has 298 valence electrons. The first-order chi connectivity index (χ1) is 24.3. The number of phosphoric acid groups is 2. The molecule has 1 aromatic heterocycles. The van der Waals surface area contributed by atoms with Gasteiger partial charge in [0.15, 0.2) is 18.8 Å². The number of aromatic amines is 1. The van der Waals surface area contributed by atoms with Gasteiger partial charge in [-0.1, -0.05) is 0 Å². The Kier molecular flexibility index (Phi) is 14.4. The molecule has 3 aliphatic heterocycles. The van der Waals surface area contributed by atoms with Crippen molar-refractivity contribution in [2.45, 2.75) is 85.9 Å². The fourth-order valence-corrected chi connectivity index (χ4v) is 7.54. The van der Waals surface area contributed by atoms with E-state index in [1.165, 1.54) is 0 Å². The van der Waals surface area contributed by atoms with E-state index < -0.39 is 145 Å². The monoisotopic (exact) mass is 799 g/mol. The number of carbonyl (C=O) groups is 1. The van der Waals surface area contributed by atoms with Crippen LogP contribution in [0.1, 0.15) is 6.23 Å². The van der Waals surface area contributed by atoms with Crippen LogP contribution in [0.2, 0.25) is 0 Å². The molecule has 1 aromatic rings. The molecule has 4 rings (SSSR count). The van der Waals surface area contributed by atoms with Crippen molar-refractivity contribution in [2.24, 2.45) is 0 Å². The standard InChI is InChI=1S/C24H39N3O23P2/c1-43-23-19(37)17(35)20(9(5-29)48-23)44-7-12(31)25-13-16(34)14(32)8(4-28)47-22(13)49-52(41,42)50-51(39,40)45-6-10-15(33)18(36)21(46-10)27-3-2-11(30)26-24(27)38/h2-3,8-10,13-23,28-29,32-37H,4-7H2,1H3,(H,25,31)(H,39,40)(H,41,42)(H,26,30,38)/t8-,9-,10-,13-,14-,15-,16-,17-,18-,19+,20-,21-,22-,23-/m1/s1. The highest BCUT2D eigenvalue weighted by Crippen LogP contribution is 2.61. The number of aliphatic hydroxyl groups excluding tert-OH is 8. The first-order valence-corrected chi connectivity index (χ1v) is 18.0. The molecule has 0 aliphatic carbocycles. The molecule has 12 N–H and O–H groups in total. The van der Waals surface area contributed by atoms with Gasteiger partial charge in [-0.15, -0.1) is 0 Å². The van der Waals surface area contributed by atoms with Crippen molar-refractivity contribution in [1.29, 1.82) is 0 Å². The highest BCUT2D eigenvalue weighted by atomic mass is 31.3. The van der Waals surface area contributed by atoms with E-state index in [1.54, 1.807) is 0 Å². The molecule has 16 atom stereocenters. The third-order valence-corrected chi connectivity index (χ3v) is 10.6. The van der Waals surface area contributed by atoms with Gasteiger partial charge in [0.05, 0.1) is 19.8 Å². The Morgan fingerprint density at radius 2 is 1.50 bits per heavy atom. The average Bonchev–Trinajstić information content (AvgIpc) is 3.35. The lowest BCUT2D eigenvalue weighted by Gasteiger charge is -2.42. The van der Waals surface area contributed by atoms with Gasteiger partial charge in [-0.05, 0) is 0 Å². The smallest absolute Gasteiger partial charge is 0.394 e. The number of amides is 1. The van der Waals surface area contributed by atoms with Crippen molar-refractivity contribution in [1.82, 2.24) is 14.9 Å². The minimum atomic E-state index is -5.85. The molecule has 0 radical (unpaired) electrons. The van der Waals surface area contributed by atoms with Gasteiger partial charge in [-0.25, -0.2) is 13.9 Å². The number of methoxy groups -OCH3 is 1. The van der Waals surface area contributed by atoms with E-state index in [9.17, 15) is 74.2 Å². The number of nitrogens with one attached hydrogen (secondary N) is 2. The largest absolute Gasteiger partial charge is 0.483 e. The van der Waals surface area contributed by atoms with Crippen LogP contribution in [0.5, 0.6) is 0 Å². The van der Waals surface area contributed by atoms with Crippen LogP contribution in [0, 0.1) is 0 Å². The third kappa shape index (κ3) is 9.95. The second-order valence-corrected chi connectivity index (χ2v) is 14.5. The summed E-state index contributed by atoms with van der Waals surface area (Å²) in [7, 11) is -10.4. The van der Waals surface area contributed by atoms with Gasteiger partial charge in [0.2, 0.25) is 5.91 Å². The van der Waals surface area contributed by atoms with Crippen LogP contribution >= 0.6 is 15.6 Å². The van der Waals surface area contributed by atoms with E-state index in [4.69, 9.17) is 28.2 Å². The molecule has 4 heterocycles. The van der Waals surface area contributed by atoms with Crippen molar-refractivity contribution < 1.29 is 102 Å². The fourth-order valence-electron chi connectivity index (χ4n) is 5.37. The van der Waals surface area contributed by atoms with Crippen LogP contribution in [-0.4, -0.2) is 179 Å². The third-order valence-electron chi connectivity index (χ3n) is 7.98. The van der Waals surface area contributed by atoms with Crippen molar-refractivity contribution >= 4 is 21.6 Å². The Balaban J connectivity index is 1.39. The molecule has 0 spiro atoms. The van der Waals surface area contributed by atoms with Crippen molar-refractivity contribution in [2.75, 3.05) is 33.5 Å². The Hall–Kier alpha value is -2.11. The van der Waals surface area contributed by atoms with Gasteiger partial charge in [-0.3, -0.25) is 28.2 Å². The summed E-state index contributed by atoms with van der Waals surface area (Å²) >= 11 is 0. The number of carbonyl (C=O) groups excluding carboxylic acids is 1. The molecular formula is C24H39N3O23P2. The maximum absolute atomic E-state index is 12.8. The van der Waals surface area contributed by atoms with Crippen LogP contribution in [0.3, 0.4) is 0 Å². The number of hydrogen-bond donors (Lipinski definition) is 12. The second-order valence-electron chi connectivity index (χ2n) is 11.5. The SMILES string of the molecule is CO[C@@H]1O[C@H](CO)[C@@H](OCC(=O)N[C@H]2[C@@H](OP(=O)(O)OP(=O)(O)OC[C@H]3O[C@@H](n4ccc(=O)[nH]c4=O)[C@H](O)[C@@H]3O)O[C@H](CO)[C@@H](O)[C@@H]2O)[C@H](O)[C@@H]1O. The van der Waals surface area contributed by atoms with Crippen LogP contribution in [0.4, 0.5) is 0 Å². The van der Waals surface area contributed by atoms with E-state index in [0.717, 1.165) is 19.4 Å². The van der Waals surface area contributed by atoms with Crippen molar-refractivity contribution in [3.8, 4) is 0 Å². The zero-order valence-corrected chi connectivity index (χ0v) is 28.5. The maximum atomic E-state index is 12.8. The minimum Gasteiger partial charge on any atom is -0.394 e. The van der Waals surface area contributed by atoms with E-state index in [1.807, 2.05) is 4.98 Å². The van der Waals surface area contributed by atoms with E-state index >= 15 is 0 Å². The zero-order chi connectivity index (χ0) is 38.7. The van der Waals surface area contributed by atoms with Gasteiger partial charge >= 0.3 is 21.3 Å². The van der Waals surface area contributed by atoms with Gasteiger partial charge in [-0.2, -0.15) is 4.31 Å². The lowest BCUT2D eigenvalue weighted by molar-refractivity contribution is -0.300. The summed E-state index contributed by atoms with van der Waals surface area (Å²) < 4.78 is 65.6. The predicted octanol–water partition coefficient (Wildman–Crippen LogP) is -7.20. The molecule has 0 aromatic carbocycles. The number of hydrogen-bond acceptors (Lipinski definition) is 21. The van der Waals surface area contributed by atoms with Gasteiger partial charge in [0.25, 0.3) is 5.56 Å². The van der Waals surface area contributed by atoms with Gasteiger partial charge < -0.3 is 79.6 Å². The summed E-state index contributed by atoms with van der Waals surface area (Å²) in [5.41, 5.74) is -1.82. The van der Waals surface area contributed by atoms with Crippen LogP contribution in [0.15, 0.2) is 21.9 Å². The van der Waals surface area contributed by atoms with Crippen molar-refractivity contribution in [3.05, 3.63) is 33.1 Å². The number of ether oxygens (including phenoxy) is 5. The Morgan fingerprint density at radius 3 is 2.12 bits per heavy atom. The van der Waals surface area contributed by atoms with Gasteiger partial charge in [0, 0.05) is 19.4 Å². The van der Waals surface area contributed by atoms with E-state index in [-0.39, 0.29) is 0 Å².